The number of rotatable bonds is 1. The molecule has 0 radical (unpaired) electrons. The summed E-state index contributed by atoms with van der Waals surface area (Å²) >= 11 is 6.27. The molecule has 1 saturated carbocycles. The molecule has 0 amide bonds. The molecular weight excluding hydrogens is 248 g/mol. The topological polar surface area (TPSA) is 52.0 Å². The van der Waals surface area contributed by atoms with Gasteiger partial charge in [0.1, 0.15) is 5.52 Å². The molecule has 0 bridgehead atoms. The molecule has 1 aromatic carbocycles. The summed E-state index contributed by atoms with van der Waals surface area (Å²) in [4.78, 5) is 4.63. The molecule has 96 valence electrons. The van der Waals surface area contributed by atoms with Gasteiger partial charge in [0.2, 0.25) is 0 Å². The standard InChI is InChI=1S/C14H17ClN2O/c1-7-10(15)8(2)12-13(11(7)16)18-14(17-12)9-5-3-4-6-9/h9H,3-6,16H2,1-2H3. The van der Waals surface area contributed by atoms with E-state index in [1.54, 1.807) is 0 Å². The summed E-state index contributed by atoms with van der Waals surface area (Å²) in [5.74, 6) is 1.29. The number of anilines is 1. The highest BCUT2D eigenvalue weighted by molar-refractivity contribution is 6.33. The predicted molar refractivity (Wildman–Crippen MR) is 74.1 cm³/mol. The van der Waals surface area contributed by atoms with Gasteiger partial charge in [-0.1, -0.05) is 24.4 Å². The fourth-order valence-electron chi connectivity index (χ4n) is 2.79. The van der Waals surface area contributed by atoms with Crippen molar-refractivity contribution in [2.24, 2.45) is 0 Å². The van der Waals surface area contributed by atoms with Crippen molar-refractivity contribution >= 4 is 28.4 Å². The van der Waals surface area contributed by atoms with E-state index < -0.39 is 0 Å². The number of aromatic nitrogens is 1. The van der Waals surface area contributed by atoms with Crippen LogP contribution in [0.15, 0.2) is 4.42 Å². The van der Waals surface area contributed by atoms with E-state index >= 15 is 0 Å². The largest absolute Gasteiger partial charge is 0.438 e. The van der Waals surface area contributed by atoms with Crippen LogP contribution in [0.5, 0.6) is 0 Å². The Hall–Kier alpha value is -1.22. The molecular formula is C14H17ClN2O. The molecule has 2 N–H and O–H groups in total. The Kier molecular flexibility index (Phi) is 2.74. The molecule has 0 atom stereocenters. The Morgan fingerprint density at radius 2 is 1.89 bits per heavy atom. The van der Waals surface area contributed by atoms with Gasteiger partial charge in [0.05, 0.1) is 10.7 Å². The van der Waals surface area contributed by atoms with Crippen molar-refractivity contribution in [3.8, 4) is 0 Å². The lowest BCUT2D eigenvalue weighted by atomic mass is 10.1. The first-order valence-corrected chi connectivity index (χ1v) is 6.82. The van der Waals surface area contributed by atoms with E-state index in [1.807, 2.05) is 13.8 Å². The smallest absolute Gasteiger partial charge is 0.198 e. The van der Waals surface area contributed by atoms with Gasteiger partial charge in [-0.15, -0.1) is 0 Å². The van der Waals surface area contributed by atoms with Gasteiger partial charge in [0.25, 0.3) is 0 Å². The first-order valence-electron chi connectivity index (χ1n) is 6.44. The monoisotopic (exact) mass is 264 g/mol. The molecule has 3 rings (SSSR count). The zero-order chi connectivity index (χ0) is 12.9. The number of fused-ring (bicyclic) bond motifs is 1. The van der Waals surface area contributed by atoms with E-state index in [-0.39, 0.29) is 0 Å². The summed E-state index contributed by atoms with van der Waals surface area (Å²) < 4.78 is 5.90. The molecule has 4 heteroatoms. The van der Waals surface area contributed by atoms with Crippen molar-refractivity contribution in [2.45, 2.75) is 45.4 Å². The van der Waals surface area contributed by atoms with E-state index in [9.17, 15) is 0 Å². The normalized spacial score (nSPS) is 16.8. The lowest BCUT2D eigenvalue weighted by Gasteiger charge is -2.05. The van der Waals surface area contributed by atoms with E-state index in [4.69, 9.17) is 21.8 Å². The van der Waals surface area contributed by atoms with Crippen molar-refractivity contribution in [1.29, 1.82) is 0 Å². The lowest BCUT2D eigenvalue weighted by Crippen LogP contribution is -1.94. The quantitative estimate of drug-likeness (QED) is 0.780. The van der Waals surface area contributed by atoms with Gasteiger partial charge in [-0.3, -0.25) is 0 Å². The lowest BCUT2D eigenvalue weighted by molar-refractivity contribution is 0.475. The second kappa shape index (κ2) is 4.16. The molecule has 1 fully saturated rings. The third-order valence-electron chi connectivity index (χ3n) is 4.01. The maximum absolute atomic E-state index is 6.27. The van der Waals surface area contributed by atoms with Gasteiger partial charge < -0.3 is 10.2 Å². The van der Waals surface area contributed by atoms with Crippen molar-refractivity contribution in [3.63, 3.8) is 0 Å². The number of hydrogen-bond donors (Lipinski definition) is 1. The number of nitrogen functional groups attached to an aromatic ring is 1. The SMILES string of the molecule is Cc1c(Cl)c(C)c2nc(C3CCCC3)oc2c1N. The Labute approximate surface area is 111 Å². The fraction of sp³-hybridized carbons (Fsp3) is 0.500. The van der Waals surface area contributed by atoms with Crippen molar-refractivity contribution in [1.82, 2.24) is 4.98 Å². The van der Waals surface area contributed by atoms with Crippen LogP contribution in [-0.4, -0.2) is 4.98 Å². The van der Waals surface area contributed by atoms with E-state index in [1.165, 1.54) is 25.7 Å². The maximum Gasteiger partial charge on any atom is 0.198 e. The van der Waals surface area contributed by atoms with Crippen LogP contribution in [0, 0.1) is 13.8 Å². The summed E-state index contributed by atoms with van der Waals surface area (Å²) in [5.41, 5.74) is 10.1. The van der Waals surface area contributed by atoms with Crippen LogP contribution in [-0.2, 0) is 0 Å². The third kappa shape index (κ3) is 1.61. The van der Waals surface area contributed by atoms with Crippen LogP contribution in [0.4, 0.5) is 5.69 Å². The molecule has 2 aromatic rings. The molecule has 1 heterocycles. The maximum atomic E-state index is 6.27. The van der Waals surface area contributed by atoms with Crippen molar-refractivity contribution in [2.75, 3.05) is 5.73 Å². The van der Waals surface area contributed by atoms with Gasteiger partial charge in [-0.2, -0.15) is 0 Å². The first kappa shape index (κ1) is 11.8. The molecule has 0 saturated heterocycles. The Bertz CT molecular complexity index is 567. The molecule has 1 aliphatic rings. The molecule has 0 aliphatic heterocycles. The van der Waals surface area contributed by atoms with Crippen LogP contribution in [0.3, 0.4) is 0 Å². The van der Waals surface area contributed by atoms with E-state index in [0.717, 1.165) is 22.5 Å². The van der Waals surface area contributed by atoms with Gasteiger partial charge in [-0.25, -0.2) is 4.98 Å². The second-order valence-corrected chi connectivity index (χ2v) is 5.57. The van der Waals surface area contributed by atoms with Gasteiger partial charge >= 0.3 is 0 Å². The van der Waals surface area contributed by atoms with Crippen LogP contribution in [0.1, 0.15) is 48.6 Å². The molecule has 0 spiro atoms. The predicted octanol–water partition coefficient (Wildman–Crippen LogP) is 4.34. The minimum Gasteiger partial charge on any atom is -0.438 e. The number of halogens is 1. The van der Waals surface area contributed by atoms with Gasteiger partial charge in [-0.05, 0) is 37.8 Å². The average Bonchev–Trinajstić information content (AvgIpc) is 3.01. The van der Waals surface area contributed by atoms with Gasteiger partial charge in [0, 0.05) is 5.92 Å². The molecule has 1 aromatic heterocycles. The van der Waals surface area contributed by atoms with E-state index in [0.29, 0.717) is 22.2 Å². The highest BCUT2D eigenvalue weighted by Crippen LogP contribution is 2.39. The summed E-state index contributed by atoms with van der Waals surface area (Å²) in [6.07, 6.45) is 4.85. The minimum atomic E-state index is 0.454. The fourth-order valence-corrected chi connectivity index (χ4v) is 2.99. The Morgan fingerprint density at radius 3 is 2.56 bits per heavy atom. The highest BCUT2D eigenvalue weighted by Gasteiger charge is 2.24. The number of aryl methyl sites for hydroxylation is 1. The summed E-state index contributed by atoms with van der Waals surface area (Å²) in [5, 5.41) is 0.700. The zero-order valence-electron chi connectivity index (χ0n) is 10.7. The minimum absolute atomic E-state index is 0.454. The summed E-state index contributed by atoms with van der Waals surface area (Å²) in [6.45, 7) is 3.89. The Morgan fingerprint density at radius 1 is 1.22 bits per heavy atom. The molecule has 1 aliphatic carbocycles. The number of nitrogens with two attached hydrogens (primary N) is 1. The van der Waals surface area contributed by atoms with Gasteiger partial charge in [0.15, 0.2) is 11.5 Å². The van der Waals surface area contributed by atoms with Crippen molar-refractivity contribution < 1.29 is 4.42 Å². The molecule has 0 unspecified atom stereocenters. The summed E-state index contributed by atoms with van der Waals surface area (Å²) in [7, 11) is 0. The van der Waals surface area contributed by atoms with Crippen LogP contribution < -0.4 is 5.73 Å². The first-order chi connectivity index (χ1) is 8.59. The Balaban J connectivity index is 2.22. The van der Waals surface area contributed by atoms with Crippen molar-refractivity contribution in [3.05, 3.63) is 22.0 Å². The zero-order valence-corrected chi connectivity index (χ0v) is 11.5. The number of oxazole rings is 1. The number of hydrogen-bond acceptors (Lipinski definition) is 3. The van der Waals surface area contributed by atoms with Crippen LogP contribution in [0.25, 0.3) is 11.1 Å². The number of nitrogens with zero attached hydrogens (tertiary/aromatic N) is 1. The molecule has 3 nitrogen and oxygen atoms in total. The average molecular weight is 265 g/mol. The third-order valence-corrected chi connectivity index (χ3v) is 4.58. The van der Waals surface area contributed by atoms with E-state index in [2.05, 4.69) is 4.98 Å². The summed E-state index contributed by atoms with van der Waals surface area (Å²) in [6, 6.07) is 0. The second-order valence-electron chi connectivity index (χ2n) is 5.19. The van der Waals surface area contributed by atoms with Crippen LogP contribution >= 0.6 is 11.6 Å². The highest BCUT2D eigenvalue weighted by atomic mass is 35.5. The molecule has 18 heavy (non-hydrogen) atoms. The number of benzene rings is 1. The van der Waals surface area contributed by atoms with Crippen LogP contribution in [0.2, 0.25) is 5.02 Å².